The first kappa shape index (κ1) is 13.8. The molecule has 6 heteroatoms. The van der Waals surface area contributed by atoms with Crippen LogP contribution >= 0.6 is 0 Å². The highest BCUT2D eigenvalue weighted by molar-refractivity contribution is 5.90. The fraction of sp³-hybridized carbons (Fsp3) is 0.538. The summed E-state index contributed by atoms with van der Waals surface area (Å²) >= 11 is 0. The lowest BCUT2D eigenvalue weighted by Crippen LogP contribution is -2.90. The van der Waals surface area contributed by atoms with Gasteiger partial charge in [-0.1, -0.05) is 20.8 Å². The highest BCUT2D eigenvalue weighted by Gasteiger charge is 2.22. The average Bonchev–Trinajstić information content (AvgIpc) is 2.77. The molecule has 0 bridgehead atoms. The van der Waals surface area contributed by atoms with Gasteiger partial charge in [-0.25, -0.2) is 9.78 Å². The van der Waals surface area contributed by atoms with Crippen molar-refractivity contribution in [3.05, 3.63) is 23.4 Å². The molecule has 1 aliphatic heterocycles. The van der Waals surface area contributed by atoms with E-state index in [1.165, 1.54) is 0 Å². The van der Waals surface area contributed by atoms with Gasteiger partial charge >= 0.3 is 5.91 Å². The Balaban J connectivity index is 2.28. The Labute approximate surface area is 112 Å². The molecule has 19 heavy (non-hydrogen) atoms. The Hall–Kier alpha value is -1.66. The lowest BCUT2D eigenvalue weighted by molar-refractivity contribution is -0.569. The summed E-state index contributed by atoms with van der Waals surface area (Å²) in [4.78, 5) is 19.4. The van der Waals surface area contributed by atoms with E-state index in [9.17, 15) is 4.79 Å². The van der Waals surface area contributed by atoms with Gasteiger partial charge in [0.2, 0.25) is 0 Å². The van der Waals surface area contributed by atoms with E-state index in [-0.39, 0.29) is 11.3 Å². The van der Waals surface area contributed by atoms with Crippen LogP contribution in [-0.4, -0.2) is 35.8 Å². The molecule has 1 saturated heterocycles. The zero-order valence-corrected chi connectivity index (χ0v) is 11.6. The van der Waals surface area contributed by atoms with Crippen molar-refractivity contribution in [3.8, 4) is 0 Å². The SMILES string of the molecule is CC(C)(C)c1[nH]cnc1/C=C1\NCOCC[NH2+]C1=O. The lowest BCUT2D eigenvalue weighted by Gasteiger charge is -2.18. The van der Waals surface area contributed by atoms with E-state index in [4.69, 9.17) is 4.74 Å². The topological polar surface area (TPSA) is 83.6 Å². The predicted octanol–water partition coefficient (Wildman–Crippen LogP) is -0.285. The summed E-state index contributed by atoms with van der Waals surface area (Å²) < 4.78 is 5.31. The van der Waals surface area contributed by atoms with Crippen LogP contribution in [0.1, 0.15) is 32.2 Å². The van der Waals surface area contributed by atoms with E-state index >= 15 is 0 Å². The van der Waals surface area contributed by atoms with Gasteiger partial charge in [0.1, 0.15) is 19.0 Å². The van der Waals surface area contributed by atoms with Gasteiger partial charge in [-0.15, -0.1) is 0 Å². The van der Waals surface area contributed by atoms with E-state index in [1.54, 1.807) is 17.7 Å². The van der Waals surface area contributed by atoms with E-state index < -0.39 is 0 Å². The van der Waals surface area contributed by atoms with Crippen molar-refractivity contribution in [1.29, 1.82) is 0 Å². The zero-order chi connectivity index (χ0) is 13.9. The van der Waals surface area contributed by atoms with Gasteiger partial charge in [-0.3, -0.25) is 5.32 Å². The van der Waals surface area contributed by atoms with Gasteiger partial charge in [0, 0.05) is 11.1 Å². The third-order valence-electron chi connectivity index (χ3n) is 2.92. The standard InChI is InChI=1S/C13H20N4O2/c1-13(2,3)11-9(15-7-16-11)6-10-12(18)14-4-5-19-8-17-10/h6-7,17H,4-5,8H2,1-3H3,(H,14,18)(H,15,16)/p+1/b10-6-. The quantitative estimate of drug-likeness (QED) is 0.610. The molecule has 1 aromatic rings. The maximum atomic E-state index is 12.0. The third kappa shape index (κ3) is 3.42. The number of amides is 1. The average molecular weight is 265 g/mol. The number of imidazole rings is 1. The number of carbonyl (C=O) groups is 1. The molecule has 0 aliphatic carbocycles. The number of carbonyl (C=O) groups excluding carboxylic acids is 1. The van der Waals surface area contributed by atoms with Gasteiger partial charge in [0.25, 0.3) is 0 Å². The summed E-state index contributed by atoms with van der Waals surface area (Å²) in [6.45, 7) is 7.87. The van der Waals surface area contributed by atoms with Crippen LogP contribution in [0.25, 0.3) is 6.08 Å². The number of H-pyrrole nitrogens is 1. The van der Waals surface area contributed by atoms with Crippen molar-refractivity contribution >= 4 is 12.0 Å². The summed E-state index contributed by atoms with van der Waals surface area (Å²) in [7, 11) is 0. The first-order chi connectivity index (χ1) is 8.98. The van der Waals surface area contributed by atoms with Crippen LogP contribution in [0.5, 0.6) is 0 Å². The fourth-order valence-electron chi connectivity index (χ4n) is 1.95. The minimum Gasteiger partial charge on any atom is -0.355 e. The predicted molar refractivity (Wildman–Crippen MR) is 71.0 cm³/mol. The van der Waals surface area contributed by atoms with Crippen molar-refractivity contribution in [1.82, 2.24) is 15.3 Å². The Kier molecular flexibility index (Phi) is 4.01. The van der Waals surface area contributed by atoms with Gasteiger partial charge < -0.3 is 15.0 Å². The summed E-state index contributed by atoms with van der Waals surface area (Å²) in [5.41, 5.74) is 2.28. The molecule has 104 valence electrons. The molecule has 0 unspecified atom stereocenters. The first-order valence-electron chi connectivity index (χ1n) is 6.43. The second-order valence-corrected chi connectivity index (χ2v) is 5.56. The second kappa shape index (κ2) is 5.54. The van der Waals surface area contributed by atoms with Crippen LogP contribution < -0.4 is 10.6 Å². The van der Waals surface area contributed by atoms with Crippen molar-refractivity contribution in [2.24, 2.45) is 0 Å². The van der Waals surface area contributed by atoms with Crippen LogP contribution in [0.2, 0.25) is 0 Å². The molecule has 1 aliphatic rings. The van der Waals surface area contributed by atoms with Gasteiger partial charge in [0.15, 0.2) is 0 Å². The molecule has 2 heterocycles. The number of quaternary nitrogens is 1. The molecule has 1 amide bonds. The van der Waals surface area contributed by atoms with Crippen molar-refractivity contribution in [3.63, 3.8) is 0 Å². The number of hydrogen-bond acceptors (Lipinski definition) is 4. The number of nitrogens with one attached hydrogen (secondary N) is 2. The minimum atomic E-state index is -0.0478. The molecule has 0 aromatic carbocycles. The Morgan fingerprint density at radius 1 is 1.47 bits per heavy atom. The van der Waals surface area contributed by atoms with Crippen molar-refractivity contribution in [2.75, 3.05) is 19.9 Å². The smallest absolute Gasteiger partial charge is 0.355 e. The lowest BCUT2D eigenvalue weighted by atomic mass is 9.90. The maximum Gasteiger partial charge on any atom is 0.358 e. The number of nitrogens with two attached hydrogens (primary N) is 1. The molecule has 0 atom stereocenters. The molecule has 6 nitrogen and oxygen atoms in total. The number of ether oxygens (including phenoxy) is 1. The molecule has 2 rings (SSSR count). The molecule has 1 aromatic heterocycles. The van der Waals surface area contributed by atoms with Crippen LogP contribution in [0.3, 0.4) is 0 Å². The molecule has 4 N–H and O–H groups in total. The zero-order valence-electron chi connectivity index (χ0n) is 11.6. The van der Waals surface area contributed by atoms with Crippen LogP contribution in [0, 0.1) is 0 Å². The van der Waals surface area contributed by atoms with Gasteiger partial charge in [-0.2, -0.15) is 0 Å². The molecule has 0 saturated carbocycles. The van der Waals surface area contributed by atoms with Crippen LogP contribution in [0.4, 0.5) is 0 Å². The van der Waals surface area contributed by atoms with Crippen LogP contribution in [-0.2, 0) is 14.9 Å². The normalized spacial score (nSPS) is 19.9. The largest absolute Gasteiger partial charge is 0.358 e. The number of aromatic nitrogens is 2. The number of rotatable bonds is 1. The Morgan fingerprint density at radius 2 is 2.26 bits per heavy atom. The summed E-state index contributed by atoms with van der Waals surface area (Å²) in [6.07, 6.45) is 3.44. The van der Waals surface area contributed by atoms with Crippen molar-refractivity contribution < 1.29 is 14.8 Å². The highest BCUT2D eigenvalue weighted by Crippen LogP contribution is 2.23. The monoisotopic (exact) mass is 265 g/mol. The van der Waals surface area contributed by atoms with E-state index in [0.29, 0.717) is 25.6 Å². The third-order valence-corrected chi connectivity index (χ3v) is 2.92. The van der Waals surface area contributed by atoms with Gasteiger partial charge in [0.05, 0.1) is 18.6 Å². The van der Waals surface area contributed by atoms with Crippen molar-refractivity contribution in [2.45, 2.75) is 26.2 Å². The first-order valence-corrected chi connectivity index (χ1v) is 6.43. The van der Waals surface area contributed by atoms with Crippen LogP contribution in [0.15, 0.2) is 12.0 Å². The molecule has 1 fully saturated rings. The minimum absolute atomic E-state index is 0.00819. The molecule has 0 radical (unpaired) electrons. The second-order valence-electron chi connectivity index (χ2n) is 5.56. The van der Waals surface area contributed by atoms with Gasteiger partial charge in [-0.05, 0) is 6.08 Å². The Morgan fingerprint density at radius 3 is 3.00 bits per heavy atom. The number of aromatic amines is 1. The Bertz CT molecular complexity index is 485. The van der Waals surface area contributed by atoms with E-state index in [2.05, 4.69) is 36.1 Å². The summed E-state index contributed by atoms with van der Waals surface area (Å²) in [6, 6.07) is 0. The molecular formula is C13H21N4O2+. The van der Waals surface area contributed by atoms with E-state index in [1.807, 2.05) is 0 Å². The number of primary amides is 1. The number of nitrogens with zero attached hydrogens (tertiary/aromatic N) is 1. The summed E-state index contributed by atoms with van der Waals surface area (Å²) in [5.74, 6) is -0.00819. The fourth-order valence-corrected chi connectivity index (χ4v) is 1.95. The molecule has 0 spiro atoms. The highest BCUT2D eigenvalue weighted by atomic mass is 16.5. The number of hydrogen-bond donors (Lipinski definition) is 3. The summed E-state index contributed by atoms with van der Waals surface area (Å²) in [5, 5.41) is 4.63. The van der Waals surface area contributed by atoms with E-state index in [0.717, 1.165) is 11.4 Å². The molecular weight excluding hydrogens is 244 g/mol. The maximum absolute atomic E-state index is 12.0.